The van der Waals surface area contributed by atoms with Crippen molar-refractivity contribution >= 4 is 5.97 Å². The van der Waals surface area contributed by atoms with Gasteiger partial charge >= 0.3 is 5.97 Å². The first-order valence-electron chi connectivity index (χ1n) is 7.02. The Bertz CT molecular complexity index is 495. The molecule has 0 saturated heterocycles. The van der Waals surface area contributed by atoms with E-state index in [1.54, 1.807) is 0 Å². The van der Waals surface area contributed by atoms with Gasteiger partial charge in [0.05, 0.1) is 6.61 Å². The lowest BCUT2D eigenvalue weighted by molar-refractivity contribution is -0.142. The van der Waals surface area contributed by atoms with Crippen molar-refractivity contribution in [3.8, 4) is 0 Å². The van der Waals surface area contributed by atoms with Crippen molar-refractivity contribution < 1.29 is 9.53 Å². The van der Waals surface area contributed by atoms with Crippen molar-refractivity contribution in [3.63, 3.8) is 0 Å². The lowest BCUT2D eigenvalue weighted by Crippen LogP contribution is -2.23. The molecular weight excluding hydrogens is 236 g/mol. The maximum Gasteiger partial charge on any atom is 0.302 e. The van der Waals surface area contributed by atoms with Crippen LogP contribution in [0.15, 0.2) is 48.1 Å². The van der Waals surface area contributed by atoms with Crippen molar-refractivity contribution in [3.05, 3.63) is 48.1 Å². The third-order valence-corrected chi connectivity index (χ3v) is 4.62. The molecule has 0 heterocycles. The summed E-state index contributed by atoms with van der Waals surface area (Å²) in [7, 11) is 0. The Hall–Kier alpha value is -1.57. The van der Waals surface area contributed by atoms with E-state index in [2.05, 4.69) is 49.5 Å². The van der Waals surface area contributed by atoms with Crippen molar-refractivity contribution in [1.82, 2.24) is 0 Å². The van der Waals surface area contributed by atoms with Gasteiger partial charge in [-0.3, -0.25) is 4.79 Å². The second kappa shape index (κ2) is 4.84. The molecule has 19 heavy (non-hydrogen) atoms. The van der Waals surface area contributed by atoms with E-state index in [4.69, 9.17) is 4.74 Å². The first kappa shape index (κ1) is 12.5. The molecule has 1 saturated carbocycles. The number of allylic oxidation sites excluding steroid dienone is 8. The number of rotatable bonds is 2. The van der Waals surface area contributed by atoms with Crippen LogP contribution in [0.25, 0.3) is 0 Å². The summed E-state index contributed by atoms with van der Waals surface area (Å²) in [5, 5.41) is 0. The zero-order valence-corrected chi connectivity index (χ0v) is 11.5. The number of hydrogen-bond donors (Lipinski definition) is 0. The first-order valence-corrected chi connectivity index (χ1v) is 7.02. The molecule has 1 fully saturated rings. The quantitative estimate of drug-likeness (QED) is 0.709. The average Bonchev–Trinajstić information content (AvgIpc) is 2.69. The van der Waals surface area contributed by atoms with E-state index in [1.165, 1.54) is 12.5 Å². The summed E-state index contributed by atoms with van der Waals surface area (Å²) >= 11 is 0. The van der Waals surface area contributed by atoms with Gasteiger partial charge in [-0.1, -0.05) is 48.1 Å². The van der Waals surface area contributed by atoms with Crippen LogP contribution in [0.2, 0.25) is 0 Å². The predicted octanol–water partition coefficient (Wildman–Crippen LogP) is 3.29. The van der Waals surface area contributed by atoms with Crippen LogP contribution in [0.3, 0.4) is 0 Å². The van der Waals surface area contributed by atoms with Crippen LogP contribution in [-0.2, 0) is 9.53 Å². The molecule has 0 bridgehead atoms. The molecular formula is C17H20O2. The molecule has 3 aliphatic rings. The molecule has 0 aromatic rings. The minimum absolute atomic E-state index is 0.178. The molecule has 5 unspecified atom stereocenters. The average molecular weight is 256 g/mol. The number of fused-ring (bicyclic) bond motifs is 3. The van der Waals surface area contributed by atoms with Crippen molar-refractivity contribution in [1.29, 1.82) is 0 Å². The van der Waals surface area contributed by atoms with E-state index in [9.17, 15) is 4.79 Å². The van der Waals surface area contributed by atoms with Crippen molar-refractivity contribution in [2.45, 2.75) is 13.8 Å². The standard InChI is InChI=1S/C17H20O2/c1-11-7-8-15-13-5-3-4-6-14(13)17(16(15)9-11)10-19-12(2)18/h3-9,13-17H,10H2,1-2H3. The number of hydrogen-bond acceptors (Lipinski definition) is 2. The van der Waals surface area contributed by atoms with E-state index < -0.39 is 0 Å². The van der Waals surface area contributed by atoms with Gasteiger partial charge in [0.1, 0.15) is 0 Å². The van der Waals surface area contributed by atoms with E-state index in [0.717, 1.165) is 0 Å². The van der Waals surface area contributed by atoms with Gasteiger partial charge in [0, 0.05) is 12.8 Å². The molecule has 0 aromatic carbocycles. The molecule has 0 radical (unpaired) electrons. The molecule has 2 nitrogen and oxygen atoms in total. The highest BCUT2D eigenvalue weighted by Gasteiger charge is 2.47. The van der Waals surface area contributed by atoms with E-state index in [0.29, 0.717) is 36.2 Å². The van der Waals surface area contributed by atoms with E-state index in [1.807, 2.05) is 0 Å². The van der Waals surface area contributed by atoms with Crippen LogP contribution in [0.5, 0.6) is 0 Å². The van der Waals surface area contributed by atoms with Crippen LogP contribution in [0.1, 0.15) is 13.8 Å². The minimum atomic E-state index is -0.178. The lowest BCUT2D eigenvalue weighted by Gasteiger charge is -2.24. The number of carbonyl (C=O) groups is 1. The fourth-order valence-corrected chi connectivity index (χ4v) is 3.80. The second-order valence-corrected chi connectivity index (χ2v) is 5.82. The van der Waals surface area contributed by atoms with Crippen LogP contribution < -0.4 is 0 Å². The predicted molar refractivity (Wildman–Crippen MR) is 75.3 cm³/mol. The van der Waals surface area contributed by atoms with E-state index >= 15 is 0 Å². The molecule has 3 aliphatic carbocycles. The Morgan fingerprint density at radius 2 is 1.79 bits per heavy atom. The maximum atomic E-state index is 11.1. The largest absolute Gasteiger partial charge is 0.466 e. The fraction of sp³-hybridized carbons (Fsp3) is 0.471. The van der Waals surface area contributed by atoms with Crippen LogP contribution in [0, 0.1) is 29.6 Å². The molecule has 0 spiro atoms. The third-order valence-electron chi connectivity index (χ3n) is 4.62. The summed E-state index contributed by atoms with van der Waals surface area (Å²) in [5.74, 6) is 2.31. The SMILES string of the molecule is CC(=O)OCC1C2C=CC=CC2C2C=CC(C)=CC21. The van der Waals surface area contributed by atoms with Gasteiger partial charge in [-0.2, -0.15) is 0 Å². The van der Waals surface area contributed by atoms with Crippen molar-refractivity contribution in [2.24, 2.45) is 29.6 Å². The van der Waals surface area contributed by atoms with Gasteiger partial charge in [-0.25, -0.2) is 0 Å². The fourth-order valence-electron chi connectivity index (χ4n) is 3.80. The molecule has 0 N–H and O–H groups in total. The highest BCUT2D eigenvalue weighted by molar-refractivity contribution is 5.65. The Morgan fingerprint density at radius 3 is 2.53 bits per heavy atom. The van der Waals surface area contributed by atoms with Gasteiger partial charge in [-0.15, -0.1) is 0 Å². The van der Waals surface area contributed by atoms with Gasteiger partial charge in [0.2, 0.25) is 0 Å². The zero-order valence-electron chi connectivity index (χ0n) is 11.5. The minimum Gasteiger partial charge on any atom is -0.466 e. The zero-order chi connectivity index (χ0) is 13.4. The highest BCUT2D eigenvalue weighted by Crippen LogP contribution is 2.51. The summed E-state index contributed by atoms with van der Waals surface area (Å²) in [6.07, 6.45) is 15.8. The van der Waals surface area contributed by atoms with Gasteiger partial charge < -0.3 is 4.74 Å². The number of carbonyl (C=O) groups excluding carboxylic acids is 1. The van der Waals surface area contributed by atoms with E-state index in [-0.39, 0.29) is 5.97 Å². The number of ether oxygens (including phenoxy) is 1. The summed E-state index contributed by atoms with van der Waals surface area (Å²) in [6.45, 7) is 4.17. The Kier molecular flexibility index (Phi) is 3.17. The normalized spacial score (nSPS) is 38.6. The lowest BCUT2D eigenvalue weighted by atomic mass is 9.82. The van der Waals surface area contributed by atoms with Gasteiger partial charge in [0.15, 0.2) is 0 Å². The topological polar surface area (TPSA) is 26.3 Å². The molecule has 0 aromatic heterocycles. The highest BCUT2D eigenvalue weighted by atomic mass is 16.5. The Balaban J connectivity index is 1.88. The monoisotopic (exact) mass is 256 g/mol. The summed E-state index contributed by atoms with van der Waals surface area (Å²) in [4.78, 5) is 11.1. The van der Waals surface area contributed by atoms with Crippen LogP contribution >= 0.6 is 0 Å². The Morgan fingerprint density at radius 1 is 1.11 bits per heavy atom. The third kappa shape index (κ3) is 2.20. The molecule has 2 heteroatoms. The smallest absolute Gasteiger partial charge is 0.302 e. The summed E-state index contributed by atoms with van der Waals surface area (Å²) < 4.78 is 5.31. The molecule has 100 valence electrons. The second-order valence-electron chi connectivity index (χ2n) is 5.82. The maximum absolute atomic E-state index is 11.1. The number of esters is 1. The molecule has 3 rings (SSSR count). The van der Waals surface area contributed by atoms with Crippen LogP contribution in [0.4, 0.5) is 0 Å². The first-order chi connectivity index (χ1) is 9.16. The molecule has 0 aliphatic heterocycles. The molecule has 5 atom stereocenters. The summed E-state index contributed by atoms with van der Waals surface area (Å²) in [5.41, 5.74) is 1.32. The van der Waals surface area contributed by atoms with Crippen molar-refractivity contribution in [2.75, 3.05) is 6.61 Å². The Labute approximate surface area is 114 Å². The molecule has 0 amide bonds. The van der Waals surface area contributed by atoms with Crippen LogP contribution in [-0.4, -0.2) is 12.6 Å². The van der Waals surface area contributed by atoms with Gasteiger partial charge in [-0.05, 0) is 30.6 Å². The van der Waals surface area contributed by atoms with Gasteiger partial charge in [0.25, 0.3) is 0 Å². The summed E-state index contributed by atoms with van der Waals surface area (Å²) in [6, 6.07) is 0.